The van der Waals surface area contributed by atoms with Gasteiger partial charge in [-0.25, -0.2) is 0 Å². The third kappa shape index (κ3) is 5.96. The summed E-state index contributed by atoms with van der Waals surface area (Å²) in [6.07, 6.45) is 3.77. The van der Waals surface area contributed by atoms with E-state index >= 15 is 0 Å². The zero-order valence-electron chi connectivity index (χ0n) is 23.6. The maximum atomic E-state index is 12.7. The average molecular weight is 540 g/mol. The third-order valence-corrected chi connectivity index (χ3v) is 7.88. The van der Waals surface area contributed by atoms with Crippen molar-refractivity contribution in [2.75, 3.05) is 39.5 Å². The second-order valence-electron chi connectivity index (χ2n) is 12.0. The normalized spacial score (nSPS) is 18.7. The van der Waals surface area contributed by atoms with Crippen LogP contribution in [-0.4, -0.2) is 61.0 Å². The molecule has 0 amide bonds. The molecule has 7 nitrogen and oxygen atoms in total. The molecule has 1 unspecified atom stereocenters. The molecule has 2 aliphatic heterocycles. The van der Waals surface area contributed by atoms with E-state index in [2.05, 4.69) is 67.2 Å². The summed E-state index contributed by atoms with van der Waals surface area (Å²) in [5.41, 5.74) is 7.46. The molecule has 0 saturated carbocycles. The van der Waals surface area contributed by atoms with Gasteiger partial charge in [-0.05, 0) is 40.5 Å². The van der Waals surface area contributed by atoms with Gasteiger partial charge in [0, 0.05) is 55.6 Å². The summed E-state index contributed by atoms with van der Waals surface area (Å²) < 4.78 is 16.9. The lowest BCUT2D eigenvalue weighted by atomic mass is 9.93. The molecule has 1 fully saturated rings. The van der Waals surface area contributed by atoms with Crippen LogP contribution < -0.4 is 4.74 Å². The van der Waals surface area contributed by atoms with E-state index in [-0.39, 0.29) is 23.5 Å². The fourth-order valence-corrected chi connectivity index (χ4v) is 5.57. The second kappa shape index (κ2) is 11.1. The summed E-state index contributed by atoms with van der Waals surface area (Å²) in [6, 6.07) is 16.5. The van der Waals surface area contributed by atoms with Crippen molar-refractivity contribution in [2.45, 2.75) is 51.4 Å². The summed E-state index contributed by atoms with van der Waals surface area (Å²) in [4.78, 5) is 20.0. The average Bonchev–Trinajstić information content (AvgIpc) is 3.64. The molecule has 1 saturated heterocycles. The summed E-state index contributed by atoms with van der Waals surface area (Å²) in [5.74, 6) is 2.08. The molecule has 2 aromatic carbocycles. The molecule has 3 aromatic rings. The first-order valence-electron chi connectivity index (χ1n) is 14.2. The van der Waals surface area contributed by atoms with Crippen LogP contribution in [0.4, 0.5) is 0 Å². The van der Waals surface area contributed by atoms with Crippen molar-refractivity contribution in [3.63, 3.8) is 0 Å². The van der Waals surface area contributed by atoms with Crippen molar-refractivity contribution in [1.82, 2.24) is 10.1 Å². The van der Waals surface area contributed by atoms with Crippen LogP contribution in [0.3, 0.4) is 0 Å². The fraction of sp³-hybridized carbons (Fsp3) is 0.424. The highest BCUT2D eigenvalue weighted by atomic mass is 16.5. The molecule has 40 heavy (non-hydrogen) atoms. The van der Waals surface area contributed by atoms with Crippen LogP contribution in [0.15, 0.2) is 64.1 Å². The number of ether oxygens (including phenoxy) is 2. The van der Waals surface area contributed by atoms with Crippen molar-refractivity contribution < 1.29 is 18.8 Å². The Hall–Kier alpha value is -3.55. The number of benzene rings is 2. The number of fused-ring (bicyclic) bond motifs is 3. The van der Waals surface area contributed by atoms with Gasteiger partial charge in [0.05, 0.1) is 31.0 Å². The molecule has 1 aromatic heterocycles. The van der Waals surface area contributed by atoms with Crippen LogP contribution in [0.25, 0.3) is 5.70 Å². The fourth-order valence-electron chi connectivity index (χ4n) is 5.57. The minimum absolute atomic E-state index is 0.122. The summed E-state index contributed by atoms with van der Waals surface area (Å²) >= 11 is 0. The molecule has 1 aliphatic carbocycles. The van der Waals surface area contributed by atoms with E-state index in [1.54, 1.807) is 0 Å². The summed E-state index contributed by atoms with van der Waals surface area (Å²) in [7, 11) is 0. The Morgan fingerprint density at radius 1 is 1.05 bits per heavy atom. The monoisotopic (exact) mass is 539 g/mol. The van der Waals surface area contributed by atoms with Crippen molar-refractivity contribution in [3.05, 3.63) is 88.3 Å². The maximum absolute atomic E-state index is 12.7. The van der Waals surface area contributed by atoms with Gasteiger partial charge in [-0.15, -0.1) is 0 Å². The number of nitrogens with zero attached hydrogens (tertiary/aromatic N) is 3. The Bertz CT molecular complexity index is 1440. The van der Waals surface area contributed by atoms with Crippen LogP contribution in [0.1, 0.15) is 60.4 Å². The number of carbonyl (C=O) groups excluding carboxylic acids is 1. The van der Waals surface area contributed by atoms with E-state index in [1.807, 2.05) is 18.2 Å². The summed E-state index contributed by atoms with van der Waals surface area (Å²) in [6.45, 7) is 11.4. The first-order valence-corrected chi connectivity index (χ1v) is 14.2. The van der Waals surface area contributed by atoms with E-state index in [1.165, 1.54) is 16.8 Å². The molecule has 3 aliphatic rings. The Morgan fingerprint density at radius 2 is 1.85 bits per heavy atom. The van der Waals surface area contributed by atoms with E-state index in [9.17, 15) is 4.79 Å². The van der Waals surface area contributed by atoms with Crippen molar-refractivity contribution >= 4 is 17.2 Å². The Labute approximate surface area is 235 Å². The van der Waals surface area contributed by atoms with Gasteiger partial charge in [0.2, 0.25) is 0 Å². The van der Waals surface area contributed by atoms with Crippen LogP contribution in [0, 0.1) is 0 Å². The van der Waals surface area contributed by atoms with E-state index in [0.717, 1.165) is 67.6 Å². The number of morpholine rings is 1. The Balaban J connectivity index is 1.04. The quantitative estimate of drug-likeness (QED) is 0.373. The largest absolute Gasteiger partial charge is 0.492 e. The van der Waals surface area contributed by atoms with Crippen LogP contribution in [0.5, 0.6) is 5.75 Å². The first kappa shape index (κ1) is 26.7. The number of aliphatic imine (C=N–C) groups is 1. The zero-order chi connectivity index (χ0) is 27.7. The molecular formula is C33H37N3O4. The number of hydrogen-bond acceptors (Lipinski definition) is 7. The summed E-state index contributed by atoms with van der Waals surface area (Å²) in [5, 5.41) is 4.08. The standard InChI is InChI=1S/C33H37N3O4/c1-33(2,3)32-20-25(35-40-32)19-26(37)16-22-4-6-23(7-5-22)30-21-29-28-9-8-27(17-24(28)18-31(29)34-30)39-15-12-36-10-13-38-14-11-36/h4-9,17,20-21,29H,10-16,18-19H2,1-3H3. The molecule has 208 valence electrons. The molecule has 0 N–H and O–H groups in total. The predicted octanol–water partition coefficient (Wildman–Crippen LogP) is 5.17. The van der Waals surface area contributed by atoms with Crippen molar-refractivity contribution in [2.24, 2.45) is 4.99 Å². The van der Waals surface area contributed by atoms with Crippen LogP contribution in [-0.2, 0) is 34.2 Å². The SMILES string of the molecule is CC(C)(C)c1cc(CC(=O)Cc2ccc(C3=CC4C(=N3)Cc3cc(OCCN5CCOCC5)ccc34)cc2)no1. The number of rotatable bonds is 9. The number of allylic oxidation sites excluding steroid dienone is 1. The number of hydrogen-bond donors (Lipinski definition) is 0. The van der Waals surface area contributed by atoms with Gasteiger partial charge in [0.15, 0.2) is 0 Å². The Morgan fingerprint density at radius 3 is 2.60 bits per heavy atom. The molecule has 3 heterocycles. The highest BCUT2D eigenvalue weighted by Gasteiger charge is 2.32. The molecule has 0 bridgehead atoms. The predicted molar refractivity (Wildman–Crippen MR) is 155 cm³/mol. The highest BCUT2D eigenvalue weighted by Crippen LogP contribution is 2.41. The molecule has 7 heteroatoms. The number of carbonyl (C=O) groups is 1. The lowest BCUT2D eigenvalue weighted by Crippen LogP contribution is -2.38. The topological polar surface area (TPSA) is 77.2 Å². The van der Waals surface area contributed by atoms with Gasteiger partial charge < -0.3 is 14.0 Å². The van der Waals surface area contributed by atoms with Gasteiger partial charge in [-0.2, -0.15) is 0 Å². The number of ketones is 1. The van der Waals surface area contributed by atoms with E-state index in [0.29, 0.717) is 18.7 Å². The molecule has 6 rings (SSSR count). The second-order valence-corrected chi connectivity index (χ2v) is 12.0. The number of Topliss-reactive ketones (excluding diaryl/α,β-unsaturated/α-hetero) is 1. The van der Waals surface area contributed by atoms with Gasteiger partial charge >= 0.3 is 0 Å². The van der Waals surface area contributed by atoms with Crippen LogP contribution >= 0.6 is 0 Å². The maximum Gasteiger partial charge on any atom is 0.143 e. The minimum atomic E-state index is -0.122. The lowest BCUT2D eigenvalue weighted by Gasteiger charge is -2.26. The van der Waals surface area contributed by atoms with Crippen LogP contribution in [0.2, 0.25) is 0 Å². The van der Waals surface area contributed by atoms with Crippen molar-refractivity contribution in [3.8, 4) is 5.75 Å². The van der Waals surface area contributed by atoms with Gasteiger partial charge in [-0.1, -0.05) is 56.3 Å². The lowest BCUT2D eigenvalue weighted by molar-refractivity contribution is -0.117. The first-order chi connectivity index (χ1) is 19.3. The van der Waals surface area contributed by atoms with Gasteiger partial charge in [0.1, 0.15) is 23.9 Å². The third-order valence-electron chi connectivity index (χ3n) is 7.88. The van der Waals surface area contributed by atoms with E-state index in [4.69, 9.17) is 19.0 Å². The smallest absolute Gasteiger partial charge is 0.143 e. The molecule has 0 radical (unpaired) electrons. The van der Waals surface area contributed by atoms with E-state index < -0.39 is 0 Å². The van der Waals surface area contributed by atoms with Gasteiger partial charge in [0.25, 0.3) is 0 Å². The highest BCUT2D eigenvalue weighted by molar-refractivity contribution is 6.05. The molecule has 0 spiro atoms. The Kier molecular flexibility index (Phi) is 7.43. The van der Waals surface area contributed by atoms with Gasteiger partial charge in [-0.3, -0.25) is 14.7 Å². The van der Waals surface area contributed by atoms with Crippen molar-refractivity contribution in [1.29, 1.82) is 0 Å². The molecular weight excluding hydrogens is 502 g/mol. The molecule has 1 atom stereocenters. The number of aromatic nitrogens is 1. The zero-order valence-corrected chi connectivity index (χ0v) is 23.6. The minimum Gasteiger partial charge on any atom is -0.492 e.